The molecule has 0 aromatic carbocycles. The normalized spacial score (nSPS) is 29.1. The lowest BCUT2D eigenvalue weighted by atomic mass is 9.63. The van der Waals surface area contributed by atoms with Crippen LogP contribution in [0.2, 0.25) is 0 Å². The summed E-state index contributed by atoms with van der Waals surface area (Å²) in [6.45, 7) is 0. The first-order valence-electron chi connectivity index (χ1n) is 5.06. The number of rotatable bonds is 0. The molecule has 0 nitrogen and oxygen atoms in total. The minimum Gasteiger partial charge on any atom is -0.0885 e. The summed E-state index contributed by atoms with van der Waals surface area (Å²) in [4.78, 5) is 0. The summed E-state index contributed by atoms with van der Waals surface area (Å²) in [5.74, 6) is 0. The average Bonchev–Trinajstić information content (AvgIpc) is 1.82. The van der Waals surface area contributed by atoms with E-state index in [-0.39, 0.29) is 0 Å². The first-order valence-corrected chi connectivity index (χ1v) is 5.06. The third-order valence-electron chi connectivity index (χ3n) is 3.50. The van der Waals surface area contributed by atoms with Crippen molar-refractivity contribution < 1.29 is 0 Å². The van der Waals surface area contributed by atoms with Gasteiger partial charge in [0, 0.05) is 0 Å². The van der Waals surface area contributed by atoms with Gasteiger partial charge < -0.3 is 0 Å². The van der Waals surface area contributed by atoms with Crippen molar-refractivity contribution in [3.63, 3.8) is 0 Å². The molecular weight excluding hydrogens is 132 g/mol. The lowest BCUT2D eigenvalue weighted by Gasteiger charge is -2.42. The molecule has 1 fully saturated rings. The minimum atomic E-state index is 0.824. The zero-order valence-corrected chi connectivity index (χ0v) is 7.31. The Morgan fingerprint density at radius 3 is 2.18 bits per heavy atom. The van der Waals surface area contributed by atoms with Crippen molar-refractivity contribution in [1.29, 1.82) is 0 Å². The third kappa shape index (κ3) is 1.50. The van der Waals surface area contributed by atoms with E-state index in [1.165, 1.54) is 51.4 Å². The SMILES string of the molecule is C1=CCCC2(CCC1)CCC2. The Morgan fingerprint density at radius 2 is 1.45 bits per heavy atom. The Morgan fingerprint density at radius 1 is 0.727 bits per heavy atom. The topological polar surface area (TPSA) is 0 Å². The van der Waals surface area contributed by atoms with Crippen LogP contribution in [0.1, 0.15) is 51.4 Å². The fourth-order valence-corrected chi connectivity index (χ4v) is 2.52. The van der Waals surface area contributed by atoms with Gasteiger partial charge in [0.15, 0.2) is 0 Å². The maximum atomic E-state index is 2.39. The van der Waals surface area contributed by atoms with Crippen LogP contribution >= 0.6 is 0 Å². The molecule has 0 atom stereocenters. The van der Waals surface area contributed by atoms with Crippen LogP contribution in [0.4, 0.5) is 0 Å². The van der Waals surface area contributed by atoms with Gasteiger partial charge in [0.2, 0.25) is 0 Å². The van der Waals surface area contributed by atoms with Gasteiger partial charge in [0.05, 0.1) is 0 Å². The standard InChI is InChI=1S/C11H18/c1-2-4-7-11(8-5-3-1)9-6-10-11/h1-2H,3-10H2. The molecule has 11 heavy (non-hydrogen) atoms. The second-order valence-electron chi connectivity index (χ2n) is 4.26. The molecular formula is C11H18. The van der Waals surface area contributed by atoms with Crippen LogP contribution in [0.5, 0.6) is 0 Å². The fraction of sp³-hybridized carbons (Fsp3) is 0.818. The van der Waals surface area contributed by atoms with Gasteiger partial charge in [-0.3, -0.25) is 0 Å². The molecule has 0 saturated heterocycles. The Kier molecular flexibility index (Phi) is 2.02. The Balaban J connectivity index is 1.94. The van der Waals surface area contributed by atoms with E-state index < -0.39 is 0 Å². The van der Waals surface area contributed by atoms with Crippen LogP contribution in [0.25, 0.3) is 0 Å². The molecule has 1 spiro atoms. The lowest BCUT2D eigenvalue weighted by molar-refractivity contribution is 0.103. The first kappa shape index (κ1) is 7.39. The average molecular weight is 150 g/mol. The second-order valence-corrected chi connectivity index (χ2v) is 4.26. The van der Waals surface area contributed by atoms with E-state index in [1.54, 1.807) is 0 Å². The summed E-state index contributed by atoms with van der Waals surface area (Å²) >= 11 is 0. The molecule has 0 bridgehead atoms. The molecule has 0 radical (unpaired) electrons. The number of hydrogen-bond acceptors (Lipinski definition) is 0. The molecule has 1 saturated carbocycles. The van der Waals surface area contributed by atoms with Crippen LogP contribution in [-0.4, -0.2) is 0 Å². The van der Waals surface area contributed by atoms with Crippen molar-refractivity contribution in [1.82, 2.24) is 0 Å². The van der Waals surface area contributed by atoms with Crippen LogP contribution in [0.3, 0.4) is 0 Å². The van der Waals surface area contributed by atoms with Crippen molar-refractivity contribution in [3.8, 4) is 0 Å². The number of allylic oxidation sites excluding steroid dienone is 2. The second kappa shape index (κ2) is 3.00. The molecule has 2 aliphatic carbocycles. The molecule has 0 heterocycles. The molecule has 2 rings (SSSR count). The van der Waals surface area contributed by atoms with E-state index in [2.05, 4.69) is 12.2 Å². The van der Waals surface area contributed by atoms with Gasteiger partial charge in [-0.2, -0.15) is 0 Å². The molecule has 0 aliphatic heterocycles. The molecule has 2 aliphatic rings. The van der Waals surface area contributed by atoms with E-state index in [0.29, 0.717) is 0 Å². The minimum absolute atomic E-state index is 0.824. The summed E-state index contributed by atoms with van der Waals surface area (Å²) in [5.41, 5.74) is 0.824. The molecule has 0 aromatic rings. The highest BCUT2D eigenvalue weighted by Gasteiger charge is 2.35. The zero-order valence-electron chi connectivity index (χ0n) is 7.31. The van der Waals surface area contributed by atoms with Gasteiger partial charge in [-0.25, -0.2) is 0 Å². The van der Waals surface area contributed by atoms with Crippen LogP contribution in [-0.2, 0) is 0 Å². The van der Waals surface area contributed by atoms with Crippen molar-refractivity contribution in [3.05, 3.63) is 12.2 Å². The summed E-state index contributed by atoms with van der Waals surface area (Å²) in [6.07, 6.45) is 16.4. The van der Waals surface area contributed by atoms with E-state index >= 15 is 0 Å². The monoisotopic (exact) mass is 150 g/mol. The summed E-state index contributed by atoms with van der Waals surface area (Å²) in [7, 11) is 0. The highest BCUT2D eigenvalue weighted by molar-refractivity contribution is 4.94. The smallest absolute Gasteiger partial charge is 0.0294 e. The van der Waals surface area contributed by atoms with Gasteiger partial charge in [0.25, 0.3) is 0 Å². The van der Waals surface area contributed by atoms with Gasteiger partial charge in [0.1, 0.15) is 0 Å². The maximum absolute atomic E-state index is 2.39. The highest BCUT2D eigenvalue weighted by atomic mass is 14.4. The van der Waals surface area contributed by atoms with Crippen LogP contribution in [0, 0.1) is 5.41 Å². The molecule has 0 amide bonds. The Bertz CT molecular complexity index is 151. The molecule has 0 heteroatoms. The molecule has 62 valence electrons. The summed E-state index contributed by atoms with van der Waals surface area (Å²) in [5, 5.41) is 0. The van der Waals surface area contributed by atoms with Crippen LogP contribution < -0.4 is 0 Å². The highest BCUT2D eigenvalue weighted by Crippen LogP contribution is 2.49. The lowest BCUT2D eigenvalue weighted by Crippen LogP contribution is -2.29. The van der Waals surface area contributed by atoms with E-state index in [9.17, 15) is 0 Å². The van der Waals surface area contributed by atoms with E-state index in [1.807, 2.05) is 0 Å². The predicted molar refractivity (Wildman–Crippen MR) is 48.5 cm³/mol. The van der Waals surface area contributed by atoms with Gasteiger partial charge in [-0.05, 0) is 50.4 Å². The Hall–Kier alpha value is -0.260. The maximum Gasteiger partial charge on any atom is -0.0294 e. The van der Waals surface area contributed by atoms with Crippen LogP contribution in [0.15, 0.2) is 12.2 Å². The predicted octanol–water partition coefficient (Wildman–Crippen LogP) is 3.68. The van der Waals surface area contributed by atoms with E-state index in [0.717, 1.165) is 5.41 Å². The van der Waals surface area contributed by atoms with Crippen molar-refractivity contribution in [2.45, 2.75) is 51.4 Å². The van der Waals surface area contributed by atoms with Gasteiger partial charge in [-0.1, -0.05) is 18.6 Å². The first-order chi connectivity index (χ1) is 5.41. The molecule has 0 unspecified atom stereocenters. The van der Waals surface area contributed by atoms with Gasteiger partial charge >= 0.3 is 0 Å². The molecule has 0 aromatic heterocycles. The quantitative estimate of drug-likeness (QED) is 0.462. The largest absolute Gasteiger partial charge is 0.0885 e. The molecule has 0 N–H and O–H groups in total. The summed E-state index contributed by atoms with van der Waals surface area (Å²) < 4.78 is 0. The number of hydrogen-bond donors (Lipinski definition) is 0. The van der Waals surface area contributed by atoms with Gasteiger partial charge in [-0.15, -0.1) is 0 Å². The van der Waals surface area contributed by atoms with Crippen molar-refractivity contribution >= 4 is 0 Å². The zero-order chi connectivity index (χ0) is 7.57. The van der Waals surface area contributed by atoms with E-state index in [4.69, 9.17) is 0 Å². The van der Waals surface area contributed by atoms with Crippen molar-refractivity contribution in [2.75, 3.05) is 0 Å². The third-order valence-corrected chi connectivity index (χ3v) is 3.50. The Labute approximate surface area is 69.7 Å². The van der Waals surface area contributed by atoms with Crippen molar-refractivity contribution in [2.24, 2.45) is 5.41 Å². The summed E-state index contributed by atoms with van der Waals surface area (Å²) in [6, 6.07) is 0. The fourth-order valence-electron chi connectivity index (χ4n) is 2.52.